The van der Waals surface area contributed by atoms with Gasteiger partial charge in [0, 0.05) is 40.4 Å². The second-order valence-corrected chi connectivity index (χ2v) is 13.0. The van der Waals surface area contributed by atoms with E-state index in [1.807, 2.05) is 29.7 Å². The maximum Gasteiger partial charge on any atom is 0.387 e. The van der Waals surface area contributed by atoms with Crippen LogP contribution in [0.4, 0.5) is 8.78 Å². The van der Waals surface area contributed by atoms with Gasteiger partial charge in [0.1, 0.15) is 18.7 Å². The number of alkyl halides is 2. The first-order valence-electron chi connectivity index (χ1n) is 13.2. The quantitative estimate of drug-likeness (QED) is 0.335. The number of hydrogen-bond acceptors (Lipinski definition) is 5. The van der Waals surface area contributed by atoms with E-state index in [4.69, 9.17) is 13.8 Å². The van der Waals surface area contributed by atoms with Crippen LogP contribution in [-0.2, 0) is 4.57 Å². The van der Waals surface area contributed by atoms with E-state index in [0.29, 0.717) is 22.3 Å². The molecule has 10 heteroatoms. The fourth-order valence-corrected chi connectivity index (χ4v) is 6.25. The molecule has 2 aliphatic rings. The Hall–Kier alpha value is -3.58. The molecule has 0 aliphatic carbocycles. The Morgan fingerprint density at radius 2 is 1.97 bits per heavy atom. The number of carbonyl (C=O) groups is 1. The van der Waals surface area contributed by atoms with Gasteiger partial charge in [-0.25, -0.2) is 4.98 Å². The highest BCUT2D eigenvalue weighted by Gasteiger charge is 2.45. The maximum absolute atomic E-state index is 13.6. The summed E-state index contributed by atoms with van der Waals surface area (Å²) < 4.78 is 70.5. The summed E-state index contributed by atoms with van der Waals surface area (Å²) in [4.78, 5) is 23.5. The molecule has 1 amide bonds. The third-order valence-electron chi connectivity index (χ3n) is 7.11. The molecular formula is C27H25F2N4O3P. The van der Waals surface area contributed by atoms with E-state index >= 15 is 0 Å². The van der Waals surface area contributed by atoms with Crippen molar-refractivity contribution in [3.05, 3.63) is 71.2 Å². The molecule has 7 nitrogen and oxygen atoms in total. The molecule has 6 rings (SSSR count). The molecule has 4 aromatic rings. The second-order valence-electron chi connectivity index (χ2n) is 9.79. The van der Waals surface area contributed by atoms with Crippen molar-refractivity contribution >= 4 is 29.5 Å². The van der Waals surface area contributed by atoms with Gasteiger partial charge in [0.25, 0.3) is 5.91 Å². The van der Waals surface area contributed by atoms with Crippen LogP contribution in [0.1, 0.15) is 49.9 Å². The summed E-state index contributed by atoms with van der Waals surface area (Å²) in [5, 5.41) is 0. The van der Waals surface area contributed by atoms with Gasteiger partial charge in [0.15, 0.2) is 0 Å². The van der Waals surface area contributed by atoms with E-state index < -0.39 is 38.7 Å². The first kappa shape index (κ1) is 20.5. The Labute approximate surface area is 216 Å². The van der Waals surface area contributed by atoms with Crippen molar-refractivity contribution in [3.8, 4) is 16.9 Å². The summed E-state index contributed by atoms with van der Waals surface area (Å²) in [6.45, 7) is -0.704. The van der Waals surface area contributed by atoms with Crippen molar-refractivity contribution < 1.29 is 27.0 Å². The molecule has 0 saturated carbocycles. The lowest BCUT2D eigenvalue weighted by Crippen LogP contribution is -2.30. The monoisotopic (exact) mass is 525 g/mol. The fourth-order valence-electron chi connectivity index (χ4n) is 5.41. The van der Waals surface area contributed by atoms with Crippen LogP contribution in [0, 0.1) is 6.92 Å². The van der Waals surface area contributed by atoms with Crippen LogP contribution in [0.25, 0.3) is 22.2 Å². The van der Waals surface area contributed by atoms with E-state index in [-0.39, 0.29) is 23.3 Å². The second kappa shape index (κ2) is 8.21. The molecule has 0 radical (unpaired) electrons. The molecule has 2 atom stereocenters. The van der Waals surface area contributed by atoms with Crippen LogP contribution in [0.2, 0.25) is 0 Å². The zero-order valence-corrected chi connectivity index (χ0v) is 21.2. The minimum Gasteiger partial charge on any atom is -0.434 e. The topological polar surface area (TPSA) is 77.3 Å². The van der Waals surface area contributed by atoms with E-state index in [0.717, 1.165) is 21.6 Å². The molecule has 2 aromatic heterocycles. The van der Waals surface area contributed by atoms with Gasteiger partial charge in [0.2, 0.25) is 0 Å². The molecule has 2 bridgehead atoms. The molecule has 0 spiro atoms. The molecule has 2 aromatic carbocycles. The van der Waals surface area contributed by atoms with Crippen LogP contribution < -0.4 is 10.2 Å². The number of rotatable bonds is 4. The first-order valence-corrected chi connectivity index (χ1v) is 14.3. The van der Waals surface area contributed by atoms with Crippen LogP contribution in [0.15, 0.2) is 48.7 Å². The summed E-state index contributed by atoms with van der Waals surface area (Å²) in [5.74, 6) is -0.601. The van der Waals surface area contributed by atoms with Crippen LogP contribution in [-0.4, -0.2) is 52.3 Å². The highest BCUT2D eigenvalue weighted by molar-refractivity contribution is 7.69. The van der Waals surface area contributed by atoms with E-state index in [1.54, 1.807) is 25.6 Å². The summed E-state index contributed by atoms with van der Waals surface area (Å²) in [5.41, 5.74) is 4.45. The highest BCUT2D eigenvalue weighted by atomic mass is 31.2. The number of benzene rings is 2. The van der Waals surface area contributed by atoms with E-state index in [1.165, 1.54) is 18.2 Å². The molecule has 4 heterocycles. The zero-order valence-electron chi connectivity index (χ0n) is 23.3. The maximum atomic E-state index is 13.6. The normalized spacial score (nSPS) is 20.3. The summed E-state index contributed by atoms with van der Waals surface area (Å²) in [6.07, 6.45) is 1.82. The van der Waals surface area contributed by atoms with Gasteiger partial charge in [-0.2, -0.15) is 8.78 Å². The van der Waals surface area contributed by atoms with Gasteiger partial charge in [0.05, 0.1) is 28.6 Å². The number of imidazole rings is 1. The summed E-state index contributed by atoms with van der Waals surface area (Å²) in [6, 6.07) is 9.98. The smallest absolute Gasteiger partial charge is 0.387 e. The SMILES string of the molecule is [2H]C([2H])([2H])N1C(=O)c2cccc(OC(F)F)c2[C@H]2C[C@@H]1c1nc3ccc(-c4cnc(P(C)(C)=O)cc4C)cc3n12. The predicted molar refractivity (Wildman–Crippen MR) is 137 cm³/mol. The largest absolute Gasteiger partial charge is 0.434 e. The number of halogens is 2. The third-order valence-corrected chi connectivity index (χ3v) is 8.46. The van der Waals surface area contributed by atoms with Crippen molar-refractivity contribution in [2.45, 2.75) is 32.0 Å². The average molecular weight is 526 g/mol. The summed E-state index contributed by atoms with van der Waals surface area (Å²) in [7, 11) is -2.55. The van der Waals surface area contributed by atoms with Crippen molar-refractivity contribution in [2.24, 2.45) is 0 Å². The number of carbonyl (C=O) groups excluding carboxylic acids is 1. The van der Waals surface area contributed by atoms with Gasteiger partial charge in [-0.15, -0.1) is 0 Å². The van der Waals surface area contributed by atoms with Crippen molar-refractivity contribution in [2.75, 3.05) is 20.3 Å². The molecule has 0 fully saturated rings. The lowest BCUT2D eigenvalue weighted by molar-refractivity contribution is -0.0507. The Morgan fingerprint density at radius 1 is 1.16 bits per heavy atom. The standard InChI is InChI=1S/C27H25F2N4O3P/c1-14-10-23(37(3,4)35)30-13-17(14)15-8-9-18-19(11-15)33-20-12-21(25(33)31-18)32(2)26(34)16-6-5-7-22(24(16)20)36-27(28)29/h5-11,13,20-21,27H,12H2,1-4H3/t20-,21-/m1/s1/i2D3. The Kier molecular flexibility index (Phi) is 4.55. The number of aryl methyl sites for hydroxylation is 1. The molecule has 0 N–H and O–H groups in total. The minimum atomic E-state index is -3.13. The molecule has 0 unspecified atom stereocenters. The molecule has 0 saturated heterocycles. The zero-order chi connectivity index (χ0) is 28.7. The van der Waals surface area contributed by atoms with Gasteiger partial charge < -0.3 is 18.8 Å². The van der Waals surface area contributed by atoms with Crippen LogP contribution in [0.3, 0.4) is 0 Å². The van der Waals surface area contributed by atoms with Crippen molar-refractivity contribution in [3.63, 3.8) is 0 Å². The number of nitrogens with zero attached hydrogens (tertiary/aromatic N) is 4. The van der Waals surface area contributed by atoms with Gasteiger partial charge >= 0.3 is 6.61 Å². The molecule has 190 valence electrons. The van der Waals surface area contributed by atoms with Gasteiger partial charge in [-0.1, -0.05) is 12.1 Å². The highest BCUT2D eigenvalue weighted by Crippen LogP contribution is 2.50. The Balaban J connectivity index is 1.58. The summed E-state index contributed by atoms with van der Waals surface area (Å²) >= 11 is 0. The van der Waals surface area contributed by atoms with E-state index in [9.17, 15) is 18.1 Å². The number of pyridine rings is 1. The lowest BCUT2D eigenvalue weighted by Gasteiger charge is -2.24. The van der Waals surface area contributed by atoms with Crippen molar-refractivity contribution in [1.29, 1.82) is 0 Å². The third kappa shape index (κ3) is 3.67. The van der Waals surface area contributed by atoms with Gasteiger partial charge in [-0.05, 0) is 61.7 Å². The number of ether oxygens (including phenoxy) is 1. The number of hydrogen-bond donors (Lipinski definition) is 0. The minimum absolute atomic E-state index is 0.00428. The van der Waals surface area contributed by atoms with E-state index in [2.05, 4.69) is 4.98 Å². The first-order chi connectivity index (χ1) is 18.8. The van der Waals surface area contributed by atoms with Gasteiger partial charge in [-0.3, -0.25) is 9.78 Å². The molecule has 37 heavy (non-hydrogen) atoms. The average Bonchev–Trinajstić information content (AvgIpc) is 3.35. The predicted octanol–water partition coefficient (Wildman–Crippen LogP) is 5.38. The van der Waals surface area contributed by atoms with Crippen molar-refractivity contribution in [1.82, 2.24) is 19.4 Å². The lowest BCUT2D eigenvalue weighted by atomic mass is 9.97. The van der Waals surface area contributed by atoms with Crippen LogP contribution in [0.5, 0.6) is 5.75 Å². The Bertz CT molecular complexity index is 1750. The number of amides is 1. The molecular weight excluding hydrogens is 497 g/mol. The molecule has 2 aliphatic heterocycles. The number of aromatic nitrogens is 3. The van der Waals surface area contributed by atoms with Crippen LogP contribution >= 0.6 is 7.14 Å². The fraction of sp³-hybridized carbons (Fsp3) is 0.296. The Morgan fingerprint density at radius 3 is 2.68 bits per heavy atom. The number of fused-ring (bicyclic) bond motifs is 9.